The number of fused-ring (bicyclic) bond motifs is 5. The molecule has 4 nitrogen and oxygen atoms in total. The molecule has 0 radical (unpaired) electrons. The van der Waals surface area contributed by atoms with Crippen LogP contribution in [0.5, 0.6) is 0 Å². The van der Waals surface area contributed by atoms with E-state index in [0.717, 1.165) is 55.7 Å². The Bertz CT molecular complexity index is 2500. The van der Waals surface area contributed by atoms with Crippen LogP contribution in [0.3, 0.4) is 0 Å². The molecule has 2 aromatic heterocycles. The Labute approximate surface area is 271 Å². The first-order chi connectivity index (χ1) is 23.3. The van der Waals surface area contributed by atoms with Crippen LogP contribution in [0, 0.1) is 0 Å². The first-order valence-electron chi connectivity index (χ1n) is 15.7. The van der Waals surface area contributed by atoms with E-state index >= 15 is 0 Å². The molecule has 0 fully saturated rings. The number of benzene rings is 7. The number of oxazole rings is 1. The third-order valence-corrected chi connectivity index (χ3v) is 8.72. The van der Waals surface area contributed by atoms with Crippen LogP contribution in [-0.2, 0) is 0 Å². The monoisotopic (exact) mass is 604 g/mol. The smallest absolute Gasteiger partial charge is 0.227 e. The number of furan rings is 1. The van der Waals surface area contributed by atoms with Crippen LogP contribution >= 0.6 is 0 Å². The lowest BCUT2D eigenvalue weighted by molar-refractivity contribution is 0.622. The maximum absolute atomic E-state index is 6.46. The summed E-state index contributed by atoms with van der Waals surface area (Å²) in [5, 5.41) is 1.93. The Hall–Kier alpha value is -6.39. The zero-order valence-electron chi connectivity index (χ0n) is 25.4. The Morgan fingerprint density at radius 3 is 1.70 bits per heavy atom. The highest BCUT2D eigenvalue weighted by Gasteiger charge is 2.19. The van der Waals surface area contributed by atoms with Gasteiger partial charge < -0.3 is 13.7 Å². The molecule has 222 valence electrons. The highest BCUT2D eigenvalue weighted by Crippen LogP contribution is 2.42. The van der Waals surface area contributed by atoms with Gasteiger partial charge in [-0.3, -0.25) is 0 Å². The second-order valence-electron chi connectivity index (χ2n) is 11.6. The molecular weight excluding hydrogens is 576 g/mol. The van der Waals surface area contributed by atoms with Crippen LogP contribution in [0.4, 0.5) is 17.1 Å². The number of para-hydroxylation sites is 1. The van der Waals surface area contributed by atoms with Crippen LogP contribution in [0.1, 0.15) is 0 Å². The molecule has 0 aliphatic rings. The summed E-state index contributed by atoms with van der Waals surface area (Å²) in [6, 6.07) is 58.7. The number of hydrogen-bond donors (Lipinski definition) is 0. The molecule has 9 rings (SSSR count). The Morgan fingerprint density at radius 2 is 1.00 bits per heavy atom. The van der Waals surface area contributed by atoms with Gasteiger partial charge in [-0.05, 0) is 82.9 Å². The third-order valence-electron chi connectivity index (χ3n) is 8.72. The van der Waals surface area contributed by atoms with E-state index in [1.807, 2.05) is 48.5 Å². The van der Waals surface area contributed by atoms with E-state index < -0.39 is 0 Å². The third kappa shape index (κ3) is 4.75. The molecule has 4 heteroatoms. The van der Waals surface area contributed by atoms with Crippen molar-refractivity contribution < 1.29 is 8.83 Å². The topological polar surface area (TPSA) is 42.4 Å². The van der Waals surface area contributed by atoms with Crippen molar-refractivity contribution in [1.29, 1.82) is 0 Å². The normalized spacial score (nSPS) is 11.4. The summed E-state index contributed by atoms with van der Waals surface area (Å²) in [7, 11) is 0. The Kier molecular flexibility index (Phi) is 6.43. The van der Waals surface area contributed by atoms with Gasteiger partial charge in [-0.1, -0.05) is 103 Å². The number of aromatic nitrogens is 1. The fourth-order valence-electron chi connectivity index (χ4n) is 6.50. The second kappa shape index (κ2) is 11.2. The Morgan fingerprint density at radius 1 is 0.426 bits per heavy atom. The Balaban J connectivity index is 1.14. The van der Waals surface area contributed by atoms with Crippen molar-refractivity contribution in [2.75, 3.05) is 4.90 Å². The maximum atomic E-state index is 6.46. The minimum Gasteiger partial charge on any atom is -0.456 e. The van der Waals surface area contributed by atoms with Crippen molar-refractivity contribution in [3.8, 4) is 33.7 Å². The predicted octanol–water partition coefficient (Wildman–Crippen LogP) is 12.2. The van der Waals surface area contributed by atoms with Crippen LogP contribution in [0.25, 0.3) is 66.7 Å². The van der Waals surface area contributed by atoms with Crippen molar-refractivity contribution in [2.24, 2.45) is 0 Å². The van der Waals surface area contributed by atoms with Crippen LogP contribution < -0.4 is 4.90 Å². The maximum Gasteiger partial charge on any atom is 0.227 e. The van der Waals surface area contributed by atoms with Gasteiger partial charge in [0.1, 0.15) is 16.7 Å². The van der Waals surface area contributed by atoms with Gasteiger partial charge in [0, 0.05) is 34.1 Å². The van der Waals surface area contributed by atoms with Crippen LogP contribution in [-0.4, -0.2) is 4.98 Å². The van der Waals surface area contributed by atoms with Crippen LogP contribution in [0.15, 0.2) is 179 Å². The first kappa shape index (κ1) is 27.0. The number of nitrogens with zero attached hydrogens (tertiary/aromatic N) is 2. The number of rotatable bonds is 6. The summed E-state index contributed by atoms with van der Waals surface area (Å²) in [5.74, 6) is 0.601. The second-order valence-corrected chi connectivity index (χ2v) is 11.6. The van der Waals surface area contributed by atoms with Crippen molar-refractivity contribution >= 4 is 50.1 Å². The molecule has 0 saturated heterocycles. The standard InChI is InChI=1S/C43H28N2O2/c1-4-12-29(13-5-1)35-18-10-11-19-36(35)30-20-22-33(23-21-30)45(32-16-8-3-9-17-32)34-24-25-37-40(28-34)46-39-27-26-38-42(41(37)39)47-43(44-38)31-14-6-2-7-15-31/h1-28H. The molecule has 7 aromatic carbocycles. The first-order valence-corrected chi connectivity index (χ1v) is 15.7. The fraction of sp³-hybridized carbons (Fsp3) is 0. The molecule has 47 heavy (non-hydrogen) atoms. The van der Waals surface area contributed by atoms with Gasteiger partial charge in [-0.15, -0.1) is 0 Å². The molecule has 0 N–H and O–H groups in total. The van der Waals surface area contributed by atoms with Gasteiger partial charge in [0.05, 0.1) is 5.39 Å². The lowest BCUT2D eigenvalue weighted by atomic mass is 9.94. The van der Waals surface area contributed by atoms with Crippen LogP contribution in [0.2, 0.25) is 0 Å². The molecule has 0 unspecified atom stereocenters. The van der Waals surface area contributed by atoms with E-state index in [4.69, 9.17) is 13.8 Å². The van der Waals surface area contributed by atoms with Gasteiger partial charge in [-0.25, -0.2) is 4.98 Å². The number of hydrogen-bond acceptors (Lipinski definition) is 4. The summed E-state index contributed by atoms with van der Waals surface area (Å²) in [6.07, 6.45) is 0. The van der Waals surface area contributed by atoms with E-state index in [9.17, 15) is 0 Å². The van der Waals surface area contributed by atoms with Crippen molar-refractivity contribution in [3.05, 3.63) is 170 Å². The summed E-state index contributed by atoms with van der Waals surface area (Å²) in [5.41, 5.74) is 12.0. The highest BCUT2D eigenvalue weighted by molar-refractivity contribution is 6.16. The molecular formula is C43H28N2O2. The average Bonchev–Trinajstić information content (AvgIpc) is 3.75. The van der Waals surface area contributed by atoms with Gasteiger partial charge >= 0.3 is 0 Å². The quantitative estimate of drug-likeness (QED) is 0.189. The molecule has 0 atom stereocenters. The van der Waals surface area contributed by atoms with Gasteiger partial charge in [0.15, 0.2) is 5.58 Å². The average molecular weight is 605 g/mol. The van der Waals surface area contributed by atoms with E-state index in [1.165, 1.54) is 22.3 Å². The summed E-state index contributed by atoms with van der Waals surface area (Å²) >= 11 is 0. The molecule has 0 spiro atoms. The largest absolute Gasteiger partial charge is 0.456 e. The minimum absolute atomic E-state index is 0.601. The summed E-state index contributed by atoms with van der Waals surface area (Å²) < 4.78 is 12.8. The SMILES string of the molecule is c1ccc(-c2nc3ccc4oc5cc(N(c6ccccc6)c6ccc(-c7ccccc7-c7ccccc7)cc6)ccc5c4c3o2)cc1. The van der Waals surface area contributed by atoms with Crippen molar-refractivity contribution in [2.45, 2.75) is 0 Å². The summed E-state index contributed by atoms with van der Waals surface area (Å²) in [4.78, 5) is 7.04. The molecule has 0 aliphatic heterocycles. The fourth-order valence-corrected chi connectivity index (χ4v) is 6.50. The molecule has 0 aliphatic carbocycles. The predicted molar refractivity (Wildman–Crippen MR) is 192 cm³/mol. The van der Waals surface area contributed by atoms with Crippen molar-refractivity contribution in [1.82, 2.24) is 4.98 Å². The lowest BCUT2D eigenvalue weighted by Crippen LogP contribution is -2.09. The van der Waals surface area contributed by atoms with E-state index in [2.05, 4.69) is 126 Å². The molecule has 0 amide bonds. The zero-order chi connectivity index (χ0) is 31.2. The van der Waals surface area contributed by atoms with Gasteiger partial charge in [-0.2, -0.15) is 0 Å². The minimum atomic E-state index is 0.601. The summed E-state index contributed by atoms with van der Waals surface area (Å²) in [6.45, 7) is 0. The molecule has 2 heterocycles. The number of anilines is 3. The van der Waals surface area contributed by atoms with E-state index in [-0.39, 0.29) is 0 Å². The molecule has 0 saturated carbocycles. The van der Waals surface area contributed by atoms with E-state index in [0.29, 0.717) is 5.89 Å². The van der Waals surface area contributed by atoms with E-state index in [1.54, 1.807) is 0 Å². The lowest BCUT2D eigenvalue weighted by Gasteiger charge is -2.25. The van der Waals surface area contributed by atoms with Gasteiger partial charge in [0.25, 0.3) is 0 Å². The highest BCUT2D eigenvalue weighted by atomic mass is 16.4. The zero-order valence-corrected chi connectivity index (χ0v) is 25.4. The van der Waals surface area contributed by atoms with Crippen molar-refractivity contribution in [3.63, 3.8) is 0 Å². The van der Waals surface area contributed by atoms with Gasteiger partial charge in [0.2, 0.25) is 5.89 Å². The molecule has 9 aromatic rings. The molecule has 0 bridgehead atoms.